The molecule has 0 aromatic heterocycles. The number of benzene rings is 1. The Morgan fingerprint density at radius 2 is 1.87 bits per heavy atom. The average Bonchev–Trinajstić information content (AvgIpc) is 2.19. The van der Waals surface area contributed by atoms with Crippen molar-refractivity contribution in [2.45, 2.75) is 20.0 Å². The van der Waals surface area contributed by atoms with Gasteiger partial charge in [-0.3, -0.25) is 4.79 Å². The molecule has 1 atom stereocenters. The van der Waals surface area contributed by atoms with Crippen molar-refractivity contribution in [1.29, 1.82) is 0 Å². The van der Waals surface area contributed by atoms with Gasteiger partial charge in [-0.25, -0.2) is 8.78 Å². The van der Waals surface area contributed by atoms with Gasteiger partial charge in [0.25, 0.3) is 0 Å². The Hall–Kier alpha value is -1.29. The summed E-state index contributed by atoms with van der Waals surface area (Å²) in [6.07, 6.45) is -1.19. The summed E-state index contributed by atoms with van der Waals surface area (Å²) in [6, 6.07) is 2.82. The number of hydrogen-bond donors (Lipinski definition) is 1. The van der Waals surface area contributed by atoms with E-state index in [9.17, 15) is 18.7 Å². The molecule has 4 heteroatoms. The molecule has 15 heavy (non-hydrogen) atoms. The van der Waals surface area contributed by atoms with Crippen LogP contribution in [0.5, 0.6) is 0 Å². The second-order valence-corrected chi connectivity index (χ2v) is 3.68. The fourth-order valence-electron chi connectivity index (χ4n) is 1.12. The monoisotopic (exact) mass is 214 g/mol. The molecule has 82 valence electrons. The van der Waals surface area contributed by atoms with Crippen LogP contribution in [0, 0.1) is 17.6 Å². The second kappa shape index (κ2) is 4.49. The molecule has 2 nitrogen and oxygen atoms in total. The molecule has 1 aromatic carbocycles. The van der Waals surface area contributed by atoms with E-state index in [0.717, 1.165) is 18.2 Å². The van der Waals surface area contributed by atoms with Crippen LogP contribution in [0.3, 0.4) is 0 Å². The van der Waals surface area contributed by atoms with E-state index in [1.54, 1.807) is 13.8 Å². The quantitative estimate of drug-likeness (QED) is 0.783. The highest BCUT2D eigenvalue weighted by atomic mass is 19.2. The lowest BCUT2D eigenvalue weighted by molar-refractivity contribution is 0.0647. The van der Waals surface area contributed by atoms with E-state index in [-0.39, 0.29) is 11.5 Å². The third-order valence-corrected chi connectivity index (χ3v) is 2.10. The van der Waals surface area contributed by atoms with Crippen molar-refractivity contribution in [2.75, 3.05) is 0 Å². The number of hydrogen-bond acceptors (Lipinski definition) is 2. The van der Waals surface area contributed by atoms with Crippen LogP contribution in [0.25, 0.3) is 0 Å². The fourth-order valence-corrected chi connectivity index (χ4v) is 1.12. The van der Waals surface area contributed by atoms with Crippen LogP contribution in [0.1, 0.15) is 24.2 Å². The maximum absolute atomic E-state index is 12.8. The summed E-state index contributed by atoms with van der Waals surface area (Å²) < 4.78 is 25.4. The topological polar surface area (TPSA) is 37.3 Å². The van der Waals surface area contributed by atoms with Gasteiger partial charge in [0.05, 0.1) is 0 Å². The van der Waals surface area contributed by atoms with Crippen molar-refractivity contribution in [2.24, 2.45) is 5.92 Å². The molecule has 1 rings (SSSR count). The lowest BCUT2D eigenvalue weighted by Crippen LogP contribution is -2.26. The Kier molecular flexibility index (Phi) is 3.52. The van der Waals surface area contributed by atoms with Gasteiger partial charge in [0.15, 0.2) is 17.4 Å². The van der Waals surface area contributed by atoms with Gasteiger partial charge in [0.2, 0.25) is 0 Å². The maximum Gasteiger partial charge on any atom is 0.191 e. The van der Waals surface area contributed by atoms with Crippen LogP contribution < -0.4 is 0 Å². The first-order chi connectivity index (χ1) is 6.93. The number of halogens is 2. The molecule has 1 N–H and O–H groups in total. The minimum Gasteiger partial charge on any atom is -0.385 e. The van der Waals surface area contributed by atoms with E-state index in [1.165, 1.54) is 0 Å². The Morgan fingerprint density at radius 1 is 1.27 bits per heavy atom. The third kappa shape index (κ3) is 2.59. The zero-order valence-corrected chi connectivity index (χ0v) is 8.50. The highest BCUT2D eigenvalue weighted by Crippen LogP contribution is 2.13. The summed E-state index contributed by atoms with van der Waals surface area (Å²) in [4.78, 5) is 11.5. The molecule has 0 bridgehead atoms. The van der Waals surface area contributed by atoms with E-state index in [0.29, 0.717) is 0 Å². The molecule has 0 amide bonds. The van der Waals surface area contributed by atoms with E-state index in [2.05, 4.69) is 0 Å². The minimum absolute atomic E-state index is 0.0184. The summed E-state index contributed by atoms with van der Waals surface area (Å²) in [6.45, 7) is 3.34. The van der Waals surface area contributed by atoms with Crippen LogP contribution in [0.15, 0.2) is 18.2 Å². The van der Waals surface area contributed by atoms with E-state index >= 15 is 0 Å². The fraction of sp³-hybridized carbons (Fsp3) is 0.364. The summed E-state index contributed by atoms with van der Waals surface area (Å²) in [5.41, 5.74) is -0.0184. The number of aliphatic hydroxyl groups excluding tert-OH is 1. The van der Waals surface area contributed by atoms with Crippen molar-refractivity contribution in [3.05, 3.63) is 35.4 Å². The second-order valence-electron chi connectivity index (χ2n) is 3.68. The van der Waals surface area contributed by atoms with Gasteiger partial charge in [0.1, 0.15) is 6.10 Å². The van der Waals surface area contributed by atoms with Crippen LogP contribution >= 0.6 is 0 Å². The molecular weight excluding hydrogens is 202 g/mol. The SMILES string of the molecule is CC(C)C(O)C(=O)c1ccc(F)c(F)c1. The zero-order valence-electron chi connectivity index (χ0n) is 8.50. The van der Waals surface area contributed by atoms with E-state index in [4.69, 9.17) is 0 Å². The van der Waals surface area contributed by atoms with Crippen LogP contribution in [0.4, 0.5) is 8.78 Å². The first-order valence-electron chi connectivity index (χ1n) is 4.61. The first kappa shape index (κ1) is 11.8. The number of ketones is 1. The predicted octanol–water partition coefficient (Wildman–Crippen LogP) is 2.16. The minimum atomic E-state index is -1.19. The molecule has 0 aliphatic rings. The van der Waals surface area contributed by atoms with E-state index in [1.807, 2.05) is 0 Å². The van der Waals surface area contributed by atoms with Crippen molar-refractivity contribution < 1.29 is 18.7 Å². The number of aliphatic hydroxyl groups is 1. The van der Waals surface area contributed by atoms with Gasteiger partial charge in [-0.05, 0) is 24.1 Å². The molecule has 0 saturated carbocycles. The normalized spacial score (nSPS) is 12.9. The zero-order chi connectivity index (χ0) is 11.6. The predicted molar refractivity (Wildman–Crippen MR) is 51.5 cm³/mol. The Balaban J connectivity index is 2.97. The van der Waals surface area contributed by atoms with Gasteiger partial charge in [-0.2, -0.15) is 0 Å². The molecule has 1 aromatic rings. The molecule has 0 heterocycles. The number of carbonyl (C=O) groups excluding carboxylic acids is 1. The van der Waals surface area contributed by atoms with Crippen LogP contribution in [-0.2, 0) is 0 Å². The molecule has 0 aliphatic heterocycles. The van der Waals surface area contributed by atoms with Crippen LogP contribution in [-0.4, -0.2) is 17.0 Å². The third-order valence-electron chi connectivity index (χ3n) is 2.10. The number of carbonyl (C=O) groups is 1. The summed E-state index contributed by atoms with van der Waals surface area (Å²) in [5.74, 6) is -2.95. The van der Waals surface area contributed by atoms with Gasteiger partial charge >= 0.3 is 0 Å². The highest BCUT2D eigenvalue weighted by Gasteiger charge is 2.21. The van der Waals surface area contributed by atoms with Gasteiger partial charge in [-0.15, -0.1) is 0 Å². The smallest absolute Gasteiger partial charge is 0.191 e. The Morgan fingerprint density at radius 3 is 2.33 bits per heavy atom. The lowest BCUT2D eigenvalue weighted by Gasteiger charge is -2.12. The van der Waals surface area contributed by atoms with Crippen molar-refractivity contribution >= 4 is 5.78 Å². The molecule has 1 unspecified atom stereocenters. The number of rotatable bonds is 3. The van der Waals surface area contributed by atoms with Gasteiger partial charge in [0, 0.05) is 5.56 Å². The highest BCUT2D eigenvalue weighted by molar-refractivity contribution is 5.99. The van der Waals surface area contributed by atoms with Crippen molar-refractivity contribution in [3.63, 3.8) is 0 Å². The maximum atomic E-state index is 12.8. The molecular formula is C11H12F2O2. The molecule has 0 saturated heterocycles. The molecule has 0 aliphatic carbocycles. The largest absolute Gasteiger partial charge is 0.385 e. The van der Waals surface area contributed by atoms with Gasteiger partial charge in [-0.1, -0.05) is 13.8 Å². The standard InChI is InChI=1S/C11H12F2O2/c1-6(2)10(14)11(15)7-3-4-8(12)9(13)5-7/h3-6,10,14H,1-2H3. The van der Waals surface area contributed by atoms with E-state index < -0.39 is 23.5 Å². The Bertz CT molecular complexity index is 375. The number of Topliss-reactive ketones (excluding diaryl/α,β-unsaturated/α-hetero) is 1. The average molecular weight is 214 g/mol. The summed E-state index contributed by atoms with van der Waals surface area (Å²) in [7, 11) is 0. The van der Waals surface area contributed by atoms with Gasteiger partial charge < -0.3 is 5.11 Å². The Labute approximate surface area is 86.5 Å². The van der Waals surface area contributed by atoms with Crippen molar-refractivity contribution in [3.8, 4) is 0 Å². The molecule has 0 spiro atoms. The molecule has 0 fully saturated rings. The van der Waals surface area contributed by atoms with Crippen LogP contribution in [0.2, 0.25) is 0 Å². The lowest BCUT2D eigenvalue weighted by atomic mass is 9.98. The van der Waals surface area contributed by atoms with Crippen molar-refractivity contribution in [1.82, 2.24) is 0 Å². The summed E-state index contributed by atoms with van der Waals surface area (Å²) >= 11 is 0. The molecule has 0 radical (unpaired) electrons. The first-order valence-corrected chi connectivity index (χ1v) is 4.61. The summed E-state index contributed by atoms with van der Waals surface area (Å²) in [5, 5.41) is 9.44.